The summed E-state index contributed by atoms with van der Waals surface area (Å²) in [4.78, 5) is 16.4. The molecule has 0 unspecified atom stereocenters. The number of aromatic amines is 1. The van der Waals surface area contributed by atoms with Crippen molar-refractivity contribution in [2.45, 2.75) is 6.92 Å². The van der Waals surface area contributed by atoms with E-state index in [1.165, 1.54) is 0 Å². The molecule has 1 amide bonds. The number of carbonyl (C=O) groups is 1. The summed E-state index contributed by atoms with van der Waals surface area (Å²) in [5.41, 5.74) is 1.98. The van der Waals surface area contributed by atoms with E-state index >= 15 is 0 Å². The molecule has 1 heterocycles. The molecule has 0 aliphatic carbocycles. The van der Waals surface area contributed by atoms with Crippen molar-refractivity contribution in [3.8, 4) is 23.2 Å². The van der Waals surface area contributed by atoms with Crippen molar-refractivity contribution >= 4 is 5.91 Å². The van der Waals surface area contributed by atoms with Crippen LogP contribution >= 0.6 is 0 Å². The molecule has 0 saturated carbocycles. The van der Waals surface area contributed by atoms with E-state index in [4.69, 9.17) is 10.00 Å². The fourth-order valence-electron chi connectivity index (χ4n) is 2.30. The summed E-state index contributed by atoms with van der Waals surface area (Å²) in [5.74, 6) is 1.82. The largest absolute Gasteiger partial charge is 0.492 e. The molecular weight excluding hydrogens is 330 g/mol. The first-order chi connectivity index (χ1) is 12.7. The van der Waals surface area contributed by atoms with Gasteiger partial charge in [0, 0.05) is 11.1 Å². The van der Waals surface area contributed by atoms with Crippen molar-refractivity contribution < 1.29 is 9.53 Å². The summed E-state index contributed by atoms with van der Waals surface area (Å²) >= 11 is 0. The van der Waals surface area contributed by atoms with Crippen LogP contribution in [0.25, 0.3) is 11.4 Å². The smallest absolute Gasteiger partial charge is 0.251 e. The predicted molar refractivity (Wildman–Crippen MR) is 95.5 cm³/mol. The molecule has 0 fully saturated rings. The van der Waals surface area contributed by atoms with Gasteiger partial charge in [-0.2, -0.15) is 10.4 Å². The predicted octanol–water partition coefficient (Wildman–Crippen LogP) is 2.46. The normalized spacial score (nSPS) is 10.2. The molecule has 0 spiro atoms. The average Bonchev–Trinajstić information content (AvgIpc) is 3.12. The quantitative estimate of drug-likeness (QED) is 0.667. The van der Waals surface area contributed by atoms with Gasteiger partial charge in [-0.3, -0.25) is 9.89 Å². The van der Waals surface area contributed by atoms with E-state index in [0.717, 1.165) is 11.4 Å². The summed E-state index contributed by atoms with van der Waals surface area (Å²) in [6, 6.07) is 16.0. The molecule has 7 heteroatoms. The number of nitrogens with one attached hydrogen (secondary N) is 2. The van der Waals surface area contributed by atoms with E-state index in [2.05, 4.69) is 20.5 Å². The molecule has 0 saturated heterocycles. The zero-order valence-electron chi connectivity index (χ0n) is 14.2. The maximum absolute atomic E-state index is 12.2. The van der Waals surface area contributed by atoms with Crippen molar-refractivity contribution in [3.05, 3.63) is 65.5 Å². The van der Waals surface area contributed by atoms with Crippen molar-refractivity contribution in [2.24, 2.45) is 0 Å². The van der Waals surface area contributed by atoms with E-state index < -0.39 is 0 Å². The second-order valence-corrected chi connectivity index (χ2v) is 5.56. The number of rotatable bonds is 6. The minimum atomic E-state index is -0.175. The molecule has 1 aromatic heterocycles. The molecule has 3 rings (SSSR count). The van der Waals surface area contributed by atoms with Crippen molar-refractivity contribution in [3.63, 3.8) is 0 Å². The van der Waals surface area contributed by atoms with Crippen molar-refractivity contribution in [1.29, 1.82) is 5.26 Å². The third kappa shape index (κ3) is 4.24. The first kappa shape index (κ1) is 17.2. The number of benzene rings is 2. The molecule has 130 valence electrons. The van der Waals surface area contributed by atoms with Crippen LogP contribution in [0.4, 0.5) is 0 Å². The number of ether oxygens (including phenoxy) is 1. The van der Waals surface area contributed by atoms with Gasteiger partial charge in [-0.15, -0.1) is 0 Å². The van der Waals surface area contributed by atoms with Gasteiger partial charge in [0.15, 0.2) is 5.82 Å². The summed E-state index contributed by atoms with van der Waals surface area (Å²) < 4.78 is 5.53. The molecule has 2 aromatic carbocycles. The Balaban J connectivity index is 1.48. The lowest BCUT2D eigenvalue weighted by Gasteiger charge is -2.08. The maximum Gasteiger partial charge on any atom is 0.251 e. The lowest BCUT2D eigenvalue weighted by molar-refractivity contribution is 0.0947. The van der Waals surface area contributed by atoms with Gasteiger partial charge >= 0.3 is 0 Å². The van der Waals surface area contributed by atoms with Crippen LogP contribution in [0.5, 0.6) is 5.75 Å². The van der Waals surface area contributed by atoms with Crippen LogP contribution in [-0.4, -0.2) is 34.2 Å². The first-order valence-electron chi connectivity index (χ1n) is 8.06. The Kier molecular flexibility index (Phi) is 5.25. The van der Waals surface area contributed by atoms with Crippen LogP contribution in [0, 0.1) is 18.3 Å². The second-order valence-electron chi connectivity index (χ2n) is 5.56. The number of nitriles is 1. The van der Waals surface area contributed by atoms with Gasteiger partial charge in [0.05, 0.1) is 18.2 Å². The van der Waals surface area contributed by atoms with Crippen LogP contribution in [-0.2, 0) is 0 Å². The van der Waals surface area contributed by atoms with Crippen LogP contribution < -0.4 is 10.1 Å². The third-order valence-electron chi connectivity index (χ3n) is 3.64. The molecular formula is C19H17N5O2. The molecule has 0 aliphatic rings. The summed E-state index contributed by atoms with van der Waals surface area (Å²) in [5, 5.41) is 18.4. The number of H-pyrrole nitrogens is 1. The Bertz CT molecular complexity index is 924. The van der Waals surface area contributed by atoms with Crippen molar-refractivity contribution in [2.75, 3.05) is 13.2 Å². The van der Waals surface area contributed by atoms with Crippen LogP contribution in [0.3, 0.4) is 0 Å². The van der Waals surface area contributed by atoms with E-state index in [9.17, 15) is 4.79 Å². The van der Waals surface area contributed by atoms with Crippen LogP contribution in [0.15, 0.2) is 48.5 Å². The van der Waals surface area contributed by atoms with Gasteiger partial charge in [0.2, 0.25) is 0 Å². The Labute approximate surface area is 150 Å². The summed E-state index contributed by atoms with van der Waals surface area (Å²) in [6.07, 6.45) is 0. The highest BCUT2D eigenvalue weighted by atomic mass is 16.5. The Hall–Kier alpha value is -3.66. The number of hydrogen-bond acceptors (Lipinski definition) is 5. The number of hydrogen-bond donors (Lipinski definition) is 2. The lowest BCUT2D eigenvalue weighted by atomic mass is 10.1. The monoisotopic (exact) mass is 347 g/mol. The summed E-state index contributed by atoms with van der Waals surface area (Å²) in [7, 11) is 0. The second kappa shape index (κ2) is 7.94. The van der Waals surface area contributed by atoms with Crippen LogP contribution in [0.2, 0.25) is 0 Å². The Morgan fingerprint density at radius 3 is 2.54 bits per heavy atom. The Morgan fingerprint density at radius 1 is 1.19 bits per heavy atom. The fourth-order valence-corrected chi connectivity index (χ4v) is 2.30. The van der Waals surface area contributed by atoms with Gasteiger partial charge in [-0.1, -0.05) is 12.1 Å². The number of amides is 1. The van der Waals surface area contributed by atoms with Crippen LogP contribution in [0.1, 0.15) is 21.7 Å². The molecule has 2 N–H and O–H groups in total. The van der Waals surface area contributed by atoms with Gasteiger partial charge in [-0.25, -0.2) is 4.98 Å². The molecule has 3 aromatic rings. The van der Waals surface area contributed by atoms with Gasteiger partial charge in [0.25, 0.3) is 5.91 Å². The number of nitrogens with zero attached hydrogens (tertiary/aromatic N) is 3. The summed E-state index contributed by atoms with van der Waals surface area (Å²) in [6.45, 7) is 2.55. The zero-order valence-corrected chi connectivity index (χ0v) is 14.2. The molecule has 0 radical (unpaired) electrons. The maximum atomic E-state index is 12.2. The Morgan fingerprint density at radius 2 is 1.92 bits per heavy atom. The van der Waals surface area contributed by atoms with Gasteiger partial charge in [-0.05, 0) is 43.3 Å². The standard InChI is InChI=1S/C19H17N5O2/c1-13-22-18(24-23-13)15-4-6-16(7-5-15)19(25)21-10-11-26-17-8-2-14(12-20)3-9-17/h2-9H,10-11H2,1H3,(H,21,25)(H,22,23,24). The number of aryl methyl sites for hydroxylation is 1. The van der Waals surface area contributed by atoms with E-state index in [-0.39, 0.29) is 5.91 Å². The zero-order chi connectivity index (χ0) is 18.4. The highest BCUT2D eigenvalue weighted by molar-refractivity contribution is 5.94. The van der Waals surface area contributed by atoms with E-state index in [0.29, 0.717) is 35.9 Å². The fraction of sp³-hybridized carbons (Fsp3) is 0.158. The van der Waals surface area contributed by atoms with E-state index in [1.54, 1.807) is 36.4 Å². The molecule has 7 nitrogen and oxygen atoms in total. The third-order valence-corrected chi connectivity index (χ3v) is 3.64. The highest BCUT2D eigenvalue weighted by Crippen LogP contribution is 2.15. The number of carbonyl (C=O) groups excluding carboxylic acids is 1. The number of aromatic nitrogens is 3. The van der Waals surface area contributed by atoms with Gasteiger partial charge < -0.3 is 10.1 Å². The molecule has 26 heavy (non-hydrogen) atoms. The topological polar surface area (TPSA) is 104 Å². The average molecular weight is 347 g/mol. The molecule has 0 atom stereocenters. The minimum Gasteiger partial charge on any atom is -0.492 e. The minimum absolute atomic E-state index is 0.175. The SMILES string of the molecule is Cc1nc(-c2ccc(C(=O)NCCOc3ccc(C#N)cc3)cc2)n[nH]1. The van der Waals surface area contributed by atoms with Crippen molar-refractivity contribution in [1.82, 2.24) is 20.5 Å². The van der Waals surface area contributed by atoms with Gasteiger partial charge in [0.1, 0.15) is 18.2 Å². The first-order valence-corrected chi connectivity index (χ1v) is 8.06. The molecule has 0 aliphatic heterocycles. The lowest BCUT2D eigenvalue weighted by Crippen LogP contribution is -2.28. The highest BCUT2D eigenvalue weighted by Gasteiger charge is 2.07. The molecule has 0 bridgehead atoms. The van der Waals surface area contributed by atoms with E-state index in [1.807, 2.05) is 25.1 Å².